The van der Waals surface area contributed by atoms with Gasteiger partial charge in [-0.2, -0.15) is 0 Å². The summed E-state index contributed by atoms with van der Waals surface area (Å²) in [5.41, 5.74) is 1.08. The molecule has 0 radical (unpaired) electrons. The van der Waals surface area contributed by atoms with E-state index in [1.807, 2.05) is 24.3 Å². The molecular weight excluding hydrogens is 288 g/mol. The minimum atomic E-state index is -0.382. The molecule has 2 aliphatic rings. The normalized spacial score (nSPS) is 23.3. The first-order valence-electron chi connectivity index (χ1n) is 7.48. The Morgan fingerprint density at radius 2 is 1.95 bits per heavy atom. The molecule has 0 aromatic heterocycles. The minimum absolute atomic E-state index is 0.0148. The molecular formula is C16H19ClN2O2. The Kier molecular flexibility index (Phi) is 4.15. The molecule has 2 amide bonds. The molecule has 1 saturated carbocycles. The van der Waals surface area contributed by atoms with Crippen molar-refractivity contribution in [3.05, 3.63) is 34.9 Å². The van der Waals surface area contributed by atoms with Gasteiger partial charge in [0.25, 0.3) is 0 Å². The molecule has 3 rings (SSSR count). The maximum atomic E-state index is 12.3. The van der Waals surface area contributed by atoms with Crippen molar-refractivity contribution >= 4 is 23.4 Å². The summed E-state index contributed by atoms with van der Waals surface area (Å²) < 4.78 is 0. The molecule has 2 fully saturated rings. The van der Waals surface area contributed by atoms with Crippen molar-refractivity contribution in [2.75, 3.05) is 0 Å². The van der Waals surface area contributed by atoms with Gasteiger partial charge >= 0.3 is 0 Å². The lowest BCUT2D eigenvalue weighted by molar-refractivity contribution is -0.126. The largest absolute Gasteiger partial charge is 0.347 e. The van der Waals surface area contributed by atoms with Crippen LogP contribution in [0.4, 0.5) is 0 Å². The lowest BCUT2D eigenvalue weighted by Crippen LogP contribution is -2.45. The number of benzene rings is 1. The summed E-state index contributed by atoms with van der Waals surface area (Å²) in [6, 6.07) is 7.28. The maximum Gasteiger partial charge on any atom is 0.243 e. The van der Waals surface area contributed by atoms with E-state index in [1.165, 1.54) is 6.42 Å². The van der Waals surface area contributed by atoms with Crippen LogP contribution in [0, 0.1) is 5.92 Å². The predicted octanol–water partition coefficient (Wildman–Crippen LogP) is 2.58. The van der Waals surface area contributed by atoms with Gasteiger partial charge in [0, 0.05) is 11.4 Å². The van der Waals surface area contributed by atoms with Gasteiger partial charge in [0.05, 0.1) is 6.04 Å². The first-order chi connectivity index (χ1) is 10.1. The Balaban J connectivity index is 1.72. The summed E-state index contributed by atoms with van der Waals surface area (Å²) in [6.07, 6.45) is 4.50. The van der Waals surface area contributed by atoms with Crippen molar-refractivity contribution in [1.29, 1.82) is 0 Å². The Hall–Kier alpha value is -1.55. The average molecular weight is 307 g/mol. The summed E-state index contributed by atoms with van der Waals surface area (Å²) in [5, 5.41) is 6.54. The van der Waals surface area contributed by atoms with Crippen LogP contribution < -0.4 is 10.6 Å². The average Bonchev–Trinajstić information content (AvgIpc) is 2.83. The van der Waals surface area contributed by atoms with Crippen LogP contribution in [-0.2, 0) is 9.59 Å². The van der Waals surface area contributed by atoms with Gasteiger partial charge in [-0.3, -0.25) is 9.59 Å². The van der Waals surface area contributed by atoms with E-state index in [4.69, 9.17) is 11.6 Å². The Labute approximate surface area is 129 Å². The highest BCUT2D eigenvalue weighted by Crippen LogP contribution is 2.38. The molecule has 2 N–H and O–H groups in total. The Morgan fingerprint density at radius 3 is 2.48 bits per heavy atom. The van der Waals surface area contributed by atoms with E-state index in [-0.39, 0.29) is 23.9 Å². The third kappa shape index (κ3) is 3.21. The number of hydrogen-bond acceptors (Lipinski definition) is 2. The van der Waals surface area contributed by atoms with Gasteiger partial charge in [-0.25, -0.2) is 0 Å². The maximum absolute atomic E-state index is 12.3. The molecule has 21 heavy (non-hydrogen) atoms. The van der Waals surface area contributed by atoms with Crippen molar-refractivity contribution in [3.63, 3.8) is 0 Å². The second kappa shape index (κ2) is 6.06. The first kappa shape index (κ1) is 14.4. The summed E-state index contributed by atoms with van der Waals surface area (Å²) >= 11 is 5.93. The standard InChI is InChI=1S/C16H19ClN2O2/c17-12-6-4-11(5-7-12)15(10-2-1-3-10)19-16(21)13-8-9-14(20)18-13/h4-7,10,13,15H,1-3,8-9H2,(H,18,20)(H,19,21)/t13-,15+/m0/s1. The molecule has 4 nitrogen and oxygen atoms in total. The van der Waals surface area contributed by atoms with Crippen molar-refractivity contribution in [2.45, 2.75) is 44.2 Å². The fraction of sp³-hybridized carbons (Fsp3) is 0.500. The fourth-order valence-electron chi connectivity index (χ4n) is 2.98. The summed E-state index contributed by atoms with van der Waals surface area (Å²) in [7, 11) is 0. The molecule has 2 atom stereocenters. The molecule has 0 spiro atoms. The first-order valence-corrected chi connectivity index (χ1v) is 7.86. The lowest BCUT2D eigenvalue weighted by atomic mass is 9.77. The highest BCUT2D eigenvalue weighted by atomic mass is 35.5. The highest BCUT2D eigenvalue weighted by molar-refractivity contribution is 6.30. The van der Waals surface area contributed by atoms with Crippen LogP contribution in [0.15, 0.2) is 24.3 Å². The van der Waals surface area contributed by atoms with Crippen LogP contribution >= 0.6 is 11.6 Å². The third-order valence-electron chi connectivity index (χ3n) is 4.46. The molecule has 0 unspecified atom stereocenters. The number of nitrogens with one attached hydrogen (secondary N) is 2. The van der Waals surface area contributed by atoms with Crippen LogP contribution in [-0.4, -0.2) is 17.9 Å². The summed E-state index contributed by atoms with van der Waals surface area (Å²) in [4.78, 5) is 23.6. The zero-order valence-corrected chi connectivity index (χ0v) is 12.5. The molecule has 5 heteroatoms. The van der Waals surface area contributed by atoms with Gasteiger partial charge in [0.1, 0.15) is 6.04 Å². The van der Waals surface area contributed by atoms with E-state index >= 15 is 0 Å². The topological polar surface area (TPSA) is 58.2 Å². The van der Waals surface area contributed by atoms with Crippen LogP contribution in [0.5, 0.6) is 0 Å². The predicted molar refractivity (Wildman–Crippen MR) is 80.8 cm³/mol. The molecule has 1 aromatic carbocycles. The van der Waals surface area contributed by atoms with Crippen molar-refractivity contribution < 1.29 is 9.59 Å². The van der Waals surface area contributed by atoms with Gasteiger partial charge in [0.15, 0.2) is 0 Å². The van der Waals surface area contributed by atoms with Crippen molar-refractivity contribution in [2.24, 2.45) is 5.92 Å². The van der Waals surface area contributed by atoms with Crippen molar-refractivity contribution in [3.8, 4) is 0 Å². The van der Waals surface area contributed by atoms with Crippen molar-refractivity contribution in [1.82, 2.24) is 10.6 Å². The quantitative estimate of drug-likeness (QED) is 0.898. The molecule has 1 heterocycles. The zero-order chi connectivity index (χ0) is 14.8. The summed E-state index contributed by atoms with van der Waals surface area (Å²) in [5.74, 6) is 0.363. The molecule has 112 valence electrons. The smallest absolute Gasteiger partial charge is 0.243 e. The van der Waals surface area contributed by atoms with E-state index < -0.39 is 0 Å². The fourth-order valence-corrected chi connectivity index (χ4v) is 3.11. The van der Waals surface area contributed by atoms with E-state index in [0.29, 0.717) is 23.8 Å². The van der Waals surface area contributed by atoms with Gasteiger partial charge in [-0.15, -0.1) is 0 Å². The monoisotopic (exact) mass is 306 g/mol. The SMILES string of the molecule is O=C1CC[C@@H](C(=O)N[C@@H](c2ccc(Cl)cc2)C2CCC2)N1. The Bertz CT molecular complexity index is 540. The zero-order valence-electron chi connectivity index (χ0n) is 11.8. The number of rotatable bonds is 4. The number of hydrogen-bond donors (Lipinski definition) is 2. The van der Waals surface area contributed by atoms with Crippen LogP contribution in [0.2, 0.25) is 5.02 Å². The number of carbonyl (C=O) groups is 2. The molecule has 0 bridgehead atoms. The minimum Gasteiger partial charge on any atom is -0.347 e. The number of halogens is 1. The van der Waals surface area contributed by atoms with E-state index in [2.05, 4.69) is 10.6 Å². The number of carbonyl (C=O) groups excluding carboxylic acids is 2. The third-order valence-corrected chi connectivity index (χ3v) is 4.71. The van der Waals surface area contributed by atoms with Crippen LogP contribution in [0.3, 0.4) is 0 Å². The molecule has 1 aliphatic carbocycles. The summed E-state index contributed by atoms with van der Waals surface area (Å²) in [6.45, 7) is 0. The second-order valence-corrected chi connectivity index (χ2v) is 6.32. The Morgan fingerprint density at radius 1 is 1.24 bits per heavy atom. The van der Waals surface area contributed by atoms with Gasteiger partial charge in [0.2, 0.25) is 11.8 Å². The highest BCUT2D eigenvalue weighted by Gasteiger charge is 2.33. The van der Waals surface area contributed by atoms with Crippen LogP contribution in [0.25, 0.3) is 0 Å². The molecule has 1 saturated heterocycles. The van der Waals surface area contributed by atoms with E-state index in [1.54, 1.807) is 0 Å². The van der Waals surface area contributed by atoms with Gasteiger partial charge < -0.3 is 10.6 Å². The van der Waals surface area contributed by atoms with E-state index in [0.717, 1.165) is 18.4 Å². The molecule has 1 aromatic rings. The molecule has 1 aliphatic heterocycles. The van der Waals surface area contributed by atoms with Crippen LogP contribution in [0.1, 0.15) is 43.7 Å². The van der Waals surface area contributed by atoms with E-state index in [9.17, 15) is 9.59 Å². The lowest BCUT2D eigenvalue weighted by Gasteiger charge is -2.35. The number of amides is 2. The van der Waals surface area contributed by atoms with Gasteiger partial charge in [-0.05, 0) is 42.9 Å². The second-order valence-electron chi connectivity index (χ2n) is 5.89. The van der Waals surface area contributed by atoms with Gasteiger partial charge in [-0.1, -0.05) is 30.2 Å².